The second kappa shape index (κ2) is 5.73. The number of carbonyl (C=O) groups is 2. The second-order valence-electron chi connectivity index (χ2n) is 5.00. The number of ketones is 2. The third kappa shape index (κ3) is 2.65. The Balaban J connectivity index is 2.04. The van der Waals surface area contributed by atoms with Gasteiger partial charge in [-0.05, 0) is 24.3 Å². The maximum absolute atomic E-state index is 12.5. The minimum Gasteiger partial charge on any atom is -0.314 e. The monoisotopic (exact) mass is 312 g/mol. The number of imidazole rings is 1. The summed E-state index contributed by atoms with van der Waals surface area (Å²) >= 11 is 5.92. The number of fused-ring (bicyclic) bond motifs is 1. The highest BCUT2D eigenvalue weighted by atomic mass is 35.5. The highest BCUT2D eigenvalue weighted by molar-refractivity contribution is 6.31. The van der Waals surface area contributed by atoms with Crippen molar-refractivity contribution < 1.29 is 9.59 Å². The quantitative estimate of drug-likeness (QED) is 0.689. The van der Waals surface area contributed by atoms with E-state index in [1.807, 2.05) is 24.3 Å². The summed E-state index contributed by atoms with van der Waals surface area (Å²) in [5.74, 6) is -0.000162. The fourth-order valence-corrected chi connectivity index (χ4v) is 2.59. The van der Waals surface area contributed by atoms with Crippen LogP contribution in [0.5, 0.6) is 0 Å². The zero-order chi connectivity index (χ0) is 15.7. The van der Waals surface area contributed by atoms with Gasteiger partial charge in [0.15, 0.2) is 17.4 Å². The Hall–Kier alpha value is -2.46. The fraction of sp³-hybridized carbons (Fsp3) is 0.118. The highest BCUT2D eigenvalue weighted by Crippen LogP contribution is 2.18. The number of para-hydroxylation sites is 2. The molecule has 3 aromatic rings. The molecular weight excluding hydrogens is 300 g/mol. The van der Waals surface area contributed by atoms with Crippen molar-refractivity contribution in [3.05, 3.63) is 64.9 Å². The van der Waals surface area contributed by atoms with Gasteiger partial charge in [-0.1, -0.05) is 35.9 Å². The third-order valence-corrected chi connectivity index (χ3v) is 3.65. The van der Waals surface area contributed by atoms with Crippen LogP contribution in [0.2, 0.25) is 5.02 Å². The van der Waals surface area contributed by atoms with Gasteiger partial charge >= 0.3 is 0 Å². The van der Waals surface area contributed by atoms with Gasteiger partial charge in [-0.15, -0.1) is 0 Å². The average molecular weight is 313 g/mol. The van der Waals surface area contributed by atoms with Gasteiger partial charge in [-0.3, -0.25) is 9.59 Å². The van der Waals surface area contributed by atoms with Crippen LogP contribution in [0.15, 0.2) is 48.5 Å². The van der Waals surface area contributed by atoms with E-state index < -0.39 is 0 Å². The van der Waals surface area contributed by atoms with Crippen LogP contribution in [-0.2, 0) is 6.54 Å². The summed E-state index contributed by atoms with van der Waals surface area (Å²) in [4.78, 5) is 28.6. The molecule has 0 fully saturated rings. The predicted octanol–water partition coefficient (Wildman–Crippen LogP) is 3.78. The van der Waals surface area contributed by atoms with Crippen LogP contribution < -0.4 is 0 Å². The molecule has 0 saturated heterocycles. The summed E-state index contributed by atoms with van der Waals surface area (Å²) in [6.07, 6.45) is 0. The number of rotatable bonds is 4. The maximum atomic E-state index is 12.5. The van der Waals surface area contributed by atoms with Crippen molar-refractivity contribution >= 4 is 34.2 Å². The smallest absolute Gasteiger partial charge is 0.195 e. The van der Waals surface area contributed by atoms with E-state index in [1.54, 1.807) is 28.8 Å². The molecule has 0 bridgehead atoms. The molecule has 0 atom stereocenters. The Bertz CT molecular complexity index is 883. The van der Waals surface area contributed by atoms with Crippen molar-refractivity contribution in [2.75, 3.05) is 0 Å². The molecule has 0 N–H and O–H groups in total. The number of hydrogen-bond acceptors (Lipinski definition) is 3. The summed E-state index contributed by atoms with van der Waals surface area (Å²) in [5, 5.41) is 0.508. The first-order valence-corrected chi connectivity index (χ1v) is 7.19. The van der Waals surface area contributed by atoms with Crippen LogP contribution >= 0.6 is 11.6 Å². The maximum Gasteiger partial charge on any atom is 0.195 e. The number of Topliss-reactive ketones (excluding diaryl/α,β-unsaturated/α-hetero) is 2. The molecule has 0 amide bonds. The first-order chi connectivity index (χ1) is 10.6. The lowest BCUT2D eigenvalue weighted by atomic mass is 10.1. The van der Waals surface area contributed by atoms with E-state index in [4.69, 9.17) is 11.6 Å². The van der Waals surface area contributed by atoms with Gasteiger partial charge in [-0.2, -0.15) is 0 Å². The van der Waals surface area contributed by atoms with Crippen molar-refractivity contribution in [1.82, 2.24) is 9.55 Å². The lowest BCUT2D eigenvalue weighted by Crippen LogP contribution is -2.15. The van der Waals surface area contributed by atoms with Crippen LogP contribution in [0.25, 0.3) is 11.0 Å². The Morgan fingerprint density at radius 3 is 2.64 bits per heavy atom. The topological polar surface area (TPSA) is 52.0 Å². The summed E-state index contributed by atoms with van der Waals surface area (Å²) in [5.41, 5.74) is 1.98. The van der Waals surface area contributed by atoms with Gasteiger partial charge in [0, 0.05) is 17.5 Å². The third-order valence-electron chi connectivity index (χ3n) is 3.42. The van der Waals surface area contributed by atoms with Crippen molar-refractivity contribution in [1.29, 1.82) is 0 Å². The molecule has 110 valence electrons. The highest BCUT2D eigenvalue weighted by Gasteiger charge is 2.17. The van der Waals surface area contributed by atoms with Crippen molar-refractivity contribution in [3.63, 3.8) is 0 Å². The lowest BCUT2D eigenvalue weighted by Gasteiger charge is -2.07. The van der Waals surface area contributed by atoms with Gasteiger partial charge in [0.05, 0.1) is 17.6 Å². The Labute approximate surface area is 132 Å². The normalized spacial score (nSPS) is 10.8. The summed E-state index contributed by atoms with van der Waals surface area (Å²) in [6, 6.07) is 14.1. The minimum atomic E-state index is -0.171. The number of halogens is 1. The van der Waals surface area contributed by atoms with Crippen molar-refractivity contribution in [3.8, 4) is 0 Å². The van der Waals surface area contributed by atoms with Crippen LogP contribution in [0.3, 0.4) is 0 Å². The number of carbonyl (C=O) groups excluding carboxylic acids is 2. The molecule has 4 nitrogen and oxygen atoms in total. The zero-order valence-electron chi connectivity index (χ0n) is 11.9. The molecule has 0 spiro atoms. The molecule has 22 heavy (non-hydrogen) atoms. The van der Waals surface area contributed by atoms with E-state index in [1.165, 1.54) is 6.92 Å². The van der Waals surface area contributed by atoms with Gasteiger partial charge < -0.3 is 4.57 Å². The minimum absolute atomic E-state index is 0.0514. The van der Waals surface area contributed by atoms with E-state index in [0.717, 1.165) is 5.52 Å². The first kappa shape index (κ1) is 14.5. The Morgan fingerprint density at radius 1 is 1.14 bits per heavy atom. The molecule has 0 aliphatic rings. The Morgan fingerprint density at radius 2 is 1.91 bits per heavy atom. The predicted molar refractivity (Wildman–Crippen MR) is 85.5 cm³/mol. The van der Waals surface area contributed by atoms with Crippen LogP contribution in [0.1, 0.15) is 27.9 Å². The molecule has 1 aromatic heterocycles. The first-order valence-electron chi connectivity index (χ1n) is 6.81. The zero-order valence-corrected chi connectivity index (χ0v) is 12.7. The van der Waals surface area contributed by atoms with Gasteiger partial charge in [0.2, 0.25) is 0 Å². The fourth-order valence-electron chi connectivity index (χ4n) is 2.40. The molecule has 5 heteroatoms. The second-order valence-corrected chi connectivity index (χ2v) is 5.44. The molecule has 0 radical (unpaired) electrons. The van der Waals surface area contributed by atoms with Crippen molar-refractivity contribution in [2.45, 2.75) is 13.5 Å². The standard InChI is InChI=1S/C17H13ClN2O2/c1-11(21)17-19-14-7-2-3-8-15(14)20(17)10-16(22)12-5-4-6-13(18)9-12/h2-9H,10H2,1H3. The summed E-state index contributed by atoms with van der Waals surface area (Å²) in [7, 11) is 0. The van der Waals surface area contributed by atoms with E-state index in [2.05, 4.69) is 4.98 Å². The van der Waals surface area contributed by atoms with E-state index in [-0.39, 0.29) is 23.9 Å². The van der Waals surface area contributed by atoms with Gasteiger partial charge in [0.25, 0.3) is 0 Å². The summed E-state index contributed by atoms with van der Waals surface area (Å²) < 4.78 is 1.65. The van der Waals surface area contributed by atoms with E-state index in [9.17, 15) is 9.59 Å². The van der Waals surface area contributed by atoms with Gasteiger partial charge in [-0.25, -0.2) is 4.98 Å². The lowest BCUT2D eigenvalue weighted by molar-refractivity contribution is 0.0966. The SMILES string of the molecule is CC(=O)c1nc2ccccc2n1CC(=O)c1cccc(Cl)c1. The molecule has 1 heterocycles. The van der Waals surface area contributed by atoms with E-state index in [0.29, 0.717) is 16.1 Å². The summed E-state index contributed by atoms with van der Waals surface area (Å²) in [6.45, 7) is 1.50. The molecule has 0 aliphatic heterocycles. The van der Waals surface area contributed by atoms with E-state index >= 15 is 0 Å². The largest absolute Gasteiger partial charge is 0.314 e. The molecular formula is C17H13ClN2O2. The molecule has 0 saturated carbocycles. The van der Waals surface area contributed by atoms with Crippen LogP contribution in [0.4, 0.5) is 0 Å². The van der Waals surface area contributed by atoms with Gasteiger partial charge in [0.1, 0.15) is 0 Å². The molecule has 0 unspecified atom stereocenters. The van der Waals surface area contributed by atoms with Crippen molar-refractivity contribution in [2.24, 2.45) is 0 Å². The number of hydrogen-bond donors (Lipinski definition) is 0. The number of aromatic nitrogens is 2. The average Bonchev–Trinajstić information content (AvgIpc) is 2.86. The van der Waals surface area contributed by atoms with Crippen LogP contribution in [0, 0.1) is 0 Å². The Kier molecular flexibility index (Phi) is 3.77. The molecule has 0 aliphatic carbocycles. The molecule has 3 rings (SSSR count). The van der Waals surface area contributed by atoms with Crippen LogP contribution in [-0.4, -0.2) is 21.1 Å². The number of nitrogens with zero attached hydrogens (tertiary/aromatic N) is 2. The molecule has 2 aromatic carbocycles. The number of benzene rings is 2.